The molecule has 0 unspecified atom stereocenters. The average molecular weight is 264 g/mol. The van der Waals surface area contributed by atoms with E-state index in [4.69, 9.17) is 22.4 Å². The number of hydrogen-bond acceptors (Lipinski definition) is 3. The lowest BCUT2D eigenvalue weighted by molar-refractivity contribution is 0.0996. The van der Waals surface area contributed by atoms with Gasteiger partial charge in [-0.1, -0.05) is 12.2 Å². The molecule has 1 aromatic carbocycles. The van der Waals surface area contributed by atoms with Crippen LogP contribution in [0.1, 0.15) is 16.1 Å². The van der Waals surface area contributed by atoms with Gasteiger partial charge in [-0.25, -0.2) is 4.39 Å². The van der Waals surface area contributed by atoms with Gasteiger partial charge >= 0.3 is 0 Å². The lowest BCUT2D eigenvalue weighted by atomic mass is 10.2. The Morgan fingerprint density at radius 2 is 2.17 bits per heavy atom. The number of amides is 1. The smallest absolute Gasteiger partial charge is 0.291 e. The van der Waals surface area contributed by atoms with Gasteiger partial charge in [-0.2, -0.15) is 0 Å². The Hall–Kier alpha value is -2.21. The van der Waals surface area contributed by atoms with Crippen LogP contribution in [0, 0.1) is 5.82 Å². The number of anilines is 1. The van der Waals surface area contributed by atoms with E-state index in [1.54, 1.807) is 6.07 Å². The maximum Gasteiger partial charge on any atom is 0.291 e. The minimum atomic E-state index is -0.611. The molecule has 0 aliphatic rings. The number of benzene rings is 1. The third-order valence-electron chi connectivity index (χ3n) is 2.25. The first-order valence-corrected chi connectivity index (χ1v) is 5.43. The van der Waals surface area contributed by atoms with E-state index >= 15 is 0 Å². The largest absolute Gasteiger partial charge is 0.459 e. The van der Waals surface area contributed by atoms with Crippen molar-refractivity contribution in [1.29, 1.82) is 0 Å². The second-order valence-corrected chi connectivity index (χ2v) is 3.93. The first-order chi connectivity index (χ1) is 8.58. The Morgan fingerprint density at radius 3 is 2.72 bits per heavy atom. The number of hydrogen-bond donors (Lipinski definition) is 2. The summed E-state index contributed by atoms with van der Waals surface area (Å²) in [6, 6.07) is 7.14. The summed E-state index contributed by atoms with van der Waals surface area (Å²) in [5.74, 6) is -1.03. The molecule has 0 bridgehead atoms. The first-order valence-electron chi connectivity index (χ1n) is 5.02. The van der Waals surface area contributed by atoms with Gasteiger partial charge in [0.15, 0.2) is 5.76 Å². The number of carbonyl (C=O) groups excluding carboxylic acids is 1. The van der Waals surface area contributed by atoms with E-state index in [2.05, 4.69) is 5.32 Å². The lowest BCUT2D eigenvalue weighted by Gasteiger charge is -2.06. The quantitative estimate of drug-likeness (QED) is 0.835. The number of nitrogens with one attached hydrogen (secondary N) is 1. The van der Waals surface area contributed by atoms with E-state index < -0.39 is 11.7 Å². The predicted octanol–water partition coefficient (Wildman–Crippen LogP) is 2.31. The Bertz CT molecular complexity index is 596. The van der Waals surface area contributed by atoms with Crippen LogP contribution in [0.25, 0.3) is 0 Å². The number of thiocarbonyl (C=S) groups is 1. The number of halogens is 1. The topological polar surface area (TPSA) is 68.3 Å². The Balaban J connectivity index is 2.20. The van der Waals surface area contributed by atoms with E-state index in [0.717, 1.165) is 0 Å². The minimum Gasteiger partial charge on any atom is -0.459 e. The summed E-state index contributed by atoms with van der Waals surface area (Å²) in [7, 11) is 0. The van der Waals surface area contributed by atoms with E-state index in [1.165, 1.54) is 30.5 Å². The molecule has 92 valence electrons. The van der Waals surface area contributed by atoms with Crippen molar-refractivity contribution < 1.29 is 13.6 Å². The molecule has 0 saturated heterocycles. The first kappa shape index (κ1) is 12.3. The maximum atomic E-state index is 13.7. The van der Waals surface area contributed by atoms with Gasteiger partial charge < -0.3 is 15.5 Å². The molecule has 2 aromatic rings. The number of carbonyl (C=O) groups is 1. The zero-order valence-corrected chi connectivity index (χ0v) is 9.96. The van der Waals surface area contributed by atoms with Crippen LogP contribution in [-0.2, 0) is 0 Å². The second kappa shape index (κ2) is 4.97. The standard InChI is InChI=1S/C12H9FN2O2S/c13-8-6-7(11(14)18)3-4-9(8)15-12(16)10-2-1-5-17-10/h1-6H,(H2,14,18)(H,15,16). The SMILES string of the molecule is NC(=S)c1ccc(NC(=O)c2ccco2)c(F)c1. The van der Waals surface area contributed by atoms with E-state index in [0.29, 0.717) is 5.56 Å². The van der Waals surface area contributed by atoms with Gasteiger partial charge in [-0.15, -0.1) is 0 Å². The third-order valence-corrected chi connectivity index (χ3v) is 2.48. The molecule has 0 radical (unpaired) electrons. The van der Waals surface area contributed by atoms with Crippen molar-refractivity contribution in [3.63, 3.8) is 0 Å². The molecule has 3 N–H and O–H groups in total. The van der Waals surface area contributed by atoms with Gasteiger partial charge in [0.25, 0.3) is 5.91 Å². The van der Waals surface area contributed by atoms with Crippen molar-refractivity contribution in [1.82, 2.24) is 0 Å². The van der Waals surface area contributed by atoms with Crippen LogP contribution in [0.3, 0.4) is 0 Å². The van der Waals surface area contributed by atoms with Crippen LogP contribution < -0.4 is 11.1 Å². The molecule has 0 aliphatic carbocycles. The molecule has 0 aliphatic heterocycles. The van der Waals surface area contributed by atoms with E-state index in [-0.39, 0.29) is 16.4 Å². The minimum absolute atomic E-state index is 0.0383. The summed E-state index contributed by atoms with van der Waals surface area (Å²) in [5.41, 5.74) is 5.81. The molecule has 18 heavy (non-hydrogen) atoms. The highest BCUT2D eigenvalue weighted by atomic mass is 32.1. The summed E-state index contributed by atoms with van der Waals surface area (Å²) >= 11 is 4.73. The normalized spacial score (nSPS) is 10.1. The molecule has 2 rings (SSSR count). The molecular formula is C12H9FN2O2S. The Labute approximate surface area is 108 Å². The van der Waals surface area contributed by atoms with Crippen LogP contribution in [0.15, 0.2) is 41.0 Å². The summed E-state index contributed by atoms with van der Waals surface area (Å²) in [6.07, 6.45) is 1.36. The fourth-order valence-electron chi connectivity index (χ4n) is 1.36. The summed E-state index contributed by atoms with van der Waals surface area (Å²) in [5, 5.41) is 2.39. The van der Waals surface area contributed by atoms with Gasteiger partial charge in [-0.05, 0) is 30.3 Å². The number of rotatable bonds is 3. The molecule has 1 heterocycles. The van der Waals surface area contributed by atoms with Crippen molar-refractivity contribution in [2.75, 3.05) is 5.32 Å². The zero-order valence-electron chi connectivity index (χ0n) is 9.14. The molecular weight excluding hydrogens is 255 g/mol. The van der Waals surface area contributed by atoms with E-state index in [9.17, 15) is 9.18 Å². The number of furan rings is 1. The summed E-state index contributed by atoms with van der Waals surface area (Å²) in [6.45, 7) is 0. The third kappa shape index (κ3) is 2.54. The van der Waals surface area contributed by atoms with Gasteiger partial charge in [-0.3, -0.25) is 4.79 Å². The molecule has 6 heteroatoms. The number of nitrogens with two attached hydrogens (primary N) is 1. The van der Waals surface area contributed by atoms with Crippen molar-refractivity contribution in [3.8, 4) is 0 Å². The summed E-state index contributed by atoms with van der Waals surface area (Å²) in [4.78, 5) is 11.7. The fraction of sp³-hybridized carbons (Fsp3) is 0. The lowest BCUT2D eigenvalue weighted by Crippen LogP contribution is -2.14. The molecule has 0 fully saturated rings. The molecule has 1 amide bonds. The fourth-order valence-corrected chi connectivity index (χ4v) is 1.49. The monoisotopic (exact) mass is 264 g/mol. The highest BCUT2D eigenvalue weighted by molar-refractivity contribution is 7.80. The Kier molecular flexibility index (Phi) is 3.38. The van der Waals surface area contributed by atoms with E-state index in [1.807, 2.05) is 0 Å². The van der Waals surface area contributed by atoms with Gasteiger partial charge in [0, 0.05) is 5.56 Å². The van der Waals surface area contributed by atoms with Crippen molar-refractivity contribution in [3.05, 3.63) is 53.7 Å². The van der Waals surface area contributed by atoms with Crippen LogP contribution in [0.5, 0.6) is 0 Å². The van der Waals surface area contributed by atoms with Crippen molar-refractivity contribution in [2.45, 2.75) is 0 Å². The summed E-state index contributed by atoms with van der Waals surface area (Å²) < 4.78 is 18.5. The van der Waals surface area contributed by atoms with Gasteiger partial charge in [0.2, 0.25) is 0 Å². The molecule has 0 spiro atoms. The maximum absolute atomic E-state index is 13.7. The molecule has 0 saturated carbocycles. The second-order valence-electron chi connectivity index (χ2n) is 3.49. The van der Waals surface area contributed by atoms with Gasteiger partial charge in [0.05, 0.1) is 12.0 Å². The Morgan fingerprint density at radius 1 is 1.39 bits per heavy atom. The van der Waals surface area contributed by atoms with Crippen LogP contribution >= 0.6 is 12.2 Å². The van der Waals surface area contributed by atoms with Crippen LogP contribution in [0.2, 0.25) is 0 Å². The predicted molar refractivity (Wildman–Crippen MR) is 68.9 cm³/mol. The zero-order chi connectivity index (χ0) is 13.1. The average Bonchev–Trinajstić information content (AvgIpc) is 2.85. The van der Waals surface area contributed by atoms with Crippen molar-refractivity contribution >= 4 is 28.8 Å². The highest BCUT2D eigenvalue weighted by Gasteiger charge is 2.12. The van der Waals surface area contributed by atoms with Crippen molar-refractivity contribution in [2.24, 2.45) is 5.73 Å². The molecule has 0 atom stereocenters. The highest BCUT2D eigenvalue weighted by Crippen LogP contribution is 2.17. The van der Waals surface area contributed by atoms with Crippen LogP contribution in [0.4, 0.5) is 10.1 Å². The molecule has 1 aromatic heterocycles. The molecule has 4 nitrogen and oxygen atoms in total. The van der Waals surface area contributed by atoms with Gasteiger partial charge in [0.1, 0.15) is 10.8 Å². The van der Waals surface area contributed by atoms with Crippen LogP contribution in [-0.4, -0.2) is 10.9 Å².